The number of pyridine rings is 1. The zero-order valence-corrected chi connectivity index (χ0v) is 16.1. The molecule has 9 nitrogen and oxygen atoms in total. The molecule has 0 bridgehead atoms. The van der Waals surface area contributed by atoms with E-state index in [1.165, 1.54) is 0 Å². The Morgan fingerprint density at radius 2 is 2.03 bits per heavy atom. The van der Waals surface area contributed by atoms with Crippen molar-refractivity contribution < 1.29 is 14.8 Å². The predicted molar refractivity (Wildman–Crippen MR) is 113 cm³/mol. The summed E-state index contributed by atoms with van der Waals surface area (Å²) in [6.07, 6.45) is 3.42. The third kappa shape index (κ3) is 3.73. The number of imidazole rings is 1. The number of hydrogen-bond acceptors (Lipinski definition) is 7. The fraction of sp³-hybridized carbons (Fsp3) is 0.100. The molecule has 0 fully saturated rings. The minimum absolute atomic E-state index is 0.326. The Labute approximate surface area is 172 Å². The molecule has 0 atom stereocenters. The molecule has 10 heteroatoms. The highest BCUT2D eigenvalue weighted by Gasteiger charge is 2.18. The first-order chi connectivity index (χ1) is 14.4. The molecule has 150 valence electrons. The number of carbonyl (C=O) groups excluding carboxylic acids is 1. The van der Waals surface area contributed by atoms with Crippen LogP contribution >= 0.6 is 0 Å². The summed E-state index contributed by atoms with van der Waals surface area (Å²) in [5.41, 5.74) is 8.88. The van der Waals surface area contributed by atoms with Crippen LogP contribution in [0, 0.1) is 6.92 Å². The van der Waals surface area contributed by atoms with E-state index in [0.29, 0.717) is 46.2 Å². The van der Waals surface area contributed by atoms with Crippen molar-refractivity contribution >= 4 is 30.0 Å². The van der Waals surface area contributed by atoms with Crippen LogP contribution < -0.4 is 16.5 Å². The molecule has 3 aromatic heterocycles. The third-order valence-corrected chi connectivity index (χ3v) is 4.68. The molecule has 0 aliphatic carbocycles. The third-order valence-electron chi connectivity index (χ3n) is 4.68. The minimum Gasteiger partial charge on any atom is -0.423 e. The fourth-order valence-corrected chi connectivity index (χ4v) is 3.27. The van der Waals surface area contributed by atoms with Crippen LogP contribution in [0.2, 0.25) is 0 Å². The minimum atomic E-state index is -1.51. The van der Waals surface area contributed by atoms with Gasteiger partial charge in [0.15, 0.2) is 5.82 Å². The number of hydrogen-bond donors (Lipinski definition) is 4. The van der Waals surface area contributed by atoms with Gasteiger partial charge in [0.2, 0.25) is 0 Å². The number of nitrogens with zero attached hydrogens (tertiary/aromatic N) is 4. The van der Waals surface area contributed by atoms with Gasteiger partial charge in [-0.2, -0.15) is 0 Å². The molecule has 1 aromatic carbocycles. The standard InChI is InChI=1S/C20H19BN6O3/c1-12-17(27-9-3-6-15(18(22)28)20(27)25-12)19-23-8-7-16(26-19)24-11-13-4-2-5-14(10-13)21(29)30/h2-10,29-30H,11H2,1H3,(H2,22,28)(H,23,24,26). The maximum atomic E-state index is 11.7. The van der Waals surface area contributed by atoms with E-state index in [1.54, 1.807) is 53.2 Å². The fourth-order valence-electron chi connectivity index (χ4n) is 3.27. The van der Waals surface area contributed by atoms with E-state index in [9.17, 15) is 14.8 Å². The van der Waals surface area contributed by atoms with Gasteiger partial charge in [0.1, 0.15) is 17.2 Å². The van der Waals surface area contributed by atoms with Crippen molar-refractivity contribution in [2.75, 3.05) is 5.32 Å². The van der Waals surface area contributed by atoms with E-state index in [4.69, 9.17) is 5.73 Å². The van der Waals surface area contributed by atoms with Crippen molar-refractivity contribution in [3.05, 3.63) is 71.7 Å². The summed E-state index contributed by atoms with van der Waals surface area (Å²) in [6, 6.07) is 12.1. The number of carbonyl (C=O) groups is 1. The number of fused-ring (bicyclic) bond motifs is 1. The summed E-state index contributed by atoms with van der Waals surface area (Å²) in [4.78, 5) is 25.1. The van der Waals surface area contributed by atoms with Gasteiger partial charge in [-0.3, -0.25) is 9.20 Å². The van der Waals surface area contributed by atoms with Gasteiger partial charge in [0.05, 0.1) is 11.3 Å². The van der Waals surface area contributed by atoms with Gasteiger partial charge >= 0.3 is 7.12 Å². The van der Waals surface area contributed by atoms with Crippen LogP contribution in [0.1, 0.15) is 21.6 Å². The maximum Gasteiger partial charge on any atom is 0.488 e. The summed E-state index contributed by atoms with van der Waals surface area (Å²) in [6.45, 7) is 2.26. The van der Waals surface area contributed by atoms with Crippen LogP contribution in [0.3, 0.4) is 0 Å². The molecule has 0 aliphatic rings. The Morgan fingerprint density at radius 3 is 2.80 bits per heavy atom. The lowest BCUT2D eigenvalue weighted by Gasteiger charge is -2.09. The van der Waals surface area contributed by atoms with E-state index in [-0.39, 0.29) is 0 Å². The molecule has 0 radical (unpaired) electrons. The molecule has 0 spiro atoms. The predicted octanol–water partition coefficient (Wildman–Crippen LogP) is 0.491. The molecule has 1 amide bonds. The van der Waals surface area contributed by atoms with Crippen molar-refractivity contribution in [3.8, 4) is 11.5 Å². The zero-order chi connectivity index (χ0) is 21.3. The molecule has 4 aromatic rings. The van der Waals surface area contributed by atoms with Gasteiger partial charge in [-0.1, -0.05) is 24.3 Å². The van der Waals surface area contributed by atoms with E-state index in [0.717, 1.165) is 5.56 Å². The van der Waals surface area contributed by atoms with Gasteiger partial charge < -0.3 is 21.1 Å². The molecule has 0 saturated heterocycles. The van der Waals surface area contributed by atoms with Gasteiger partial charge in [-0.25, -0.2) is 15.0 Å². The summed E-state index contributed by atoms with van der Waals surface area (Å²) in [5.74, 6) is 0.491. The van der Waals surface area contributed by atoms with Gasteiger partial charge in [-0.05, 0) is 36.1 Å². The number of rotatable bonds is 6. The van der Waals surface area contributed by atoms with E-state index in [1.807, 2.05) is 13.0 Å². The van der Waals surface area contributed by atoms with Crippen LogP contribution in [0.25, 0.3) is 17.2 Å². The van der Waals surface area contributed by atoms with Gasteiger partial charge in [0, 0.05) is 18.9 Å². The summed E-state index contributed by atoms with van der Waals surface area (Å²) in [5, 5.41) is 21.8. The number of nitrogens with one attached hydrogen (secondary N) is 1. The summed E-state index contributed by atoms with van der Waals surface area (Å²) < 4.78 is 1.75. The quantitative estimate of drug-likeness (QED) is 0.344. The molecule has 0 aliphatic heterocycles. The maximum absolute atomic E-state index is 11.7. The van der Waals surface area contributed by atoms with Crippen molar-refractivity contribution in [1.82, 2.24) is 19.4 Å². The van der Waals surface area contributed by atoms with Crippen molar-refractivity contribution in [3.63, 3.8) is 0 Å². The molecule has 3 heterocycles. The Morgan fingerprint density at radius 1 is 1.20 bits per heavy atom. The molecule has 0 unspecified atom stereocenters. The highest BCUT2D eigenvalue weighted by molar-refractivity contribution is 6.58. The lowest BCUT2D eigenvalue weighted by atomic mass is 9.80. The first-order valence-corrected chi connectivity index (χ1v) is 9.24. The molecule has 0 saturated carbocycles. The Bertz CT molecular complexity index is 1240. The van der Waals surface area contributed by atoms with Crippen LogP contribution in [0.5, 0.6) is 0 Å². The summed E-state index contributed by atoms with van der Waals surface area (Å²) >= 11 is 0. The summed E-state index contributed by atoms with van der Waals surface area (Å²) in [7, 11) is -1.51. The van der Waals surface area contributed by atoms with Crippen LogP contribution in [0.4, 0.5) is 5.82 Å². The van der Waals surface area contributed by atoms with Crippen LogP contribution in [-0.4, -0.2) is 42.4 Å². The highest BCUT2D eigenvalue weighted by Crippen LogP contribution is 2.24. The van der Waals surface area contributed by atoms with Crippen LogP contribution in [0.15, 0.2) is 54.9 Å². The van der Waals surface area contributed by atoms with Crippen LogP contribution in [-0.2, 0) is 6.54 Å². The molecule has 30 heavy (non-hydrogen) atoms. The SMILES string of the molecule is Cc1nc2c(C(N)=O)cccn2c1-c1nccc(NCc2cccc(B(O)O)c2)n1. The number of benzene rings is 1. The normalized spacial score (nSPS) is 10.9. The van der Waals surface area contributed by atoms with Gasteiger partial charge in [-0.15, -0.1) is 0 Å². The number of amides is 1. The second kappa shape index (κ2) is 7.93. The molecular weight excluding hydrogens is 383 g/mol. The largest absolute Gasteiger partial charge is 0.488 e. The van der Waals surface area contributed by atoms with Crippen molar-refractivity contribution in [2.45, 2.75) is 13.5 Å². The first kappa shape index (κ1) is 19.6. The lowest BCUT2D eigenvalue weighted by molar-refractivity contribution is 0.100. The number of aryl methyl sites for hydroxylation is 1. The molecule has 5 N–H and O–H groups in total. The topological polar surface area (TPSA) is 139 Å². The Hall–Kier alpha value is -3.76. The first-order valence-electron chi connectivity index (χ1n) is 9.24. The van der Waals surface area contributed by atoms with E-state index in [2.05, 4.69) is 20.3 Å². The highest BCUT2D eigenvalue weighted by atomic mass is 16.4. The smallest absolute Gasteiger partial charge is 0.423 e. The lowest BCUT2D eigenvalue weighted by Crippen LogP contribution is -2.30. The average molecular weight is 402 g/mol. The zero-order valence-electron chi connectivity index (χ0n) is 16.1. The Balaban J connectivity index is 1.64. The van der Waals surface area contributed by atoms with Crippen molar-refractivity contribution in [1.29, 1.82) is 0 Å². The second-order valence-corrected chi connectivity index (χ2v) is 6.76. The number of anilines is 1. The molecule has 4 rings (SSSR count). The van der Waals surface area contributed by atoms with Gasteiger partial charge in [0.25, 0.3) is 5.91 Å². The second-order valence-electron chi connectivity index (χ2n) is 6.76. The number of nitrogens with two attached hydrogens (primary N) is 1. The Kier molecular flexibility index (Phi) is 5.17. The monoisotopic (exact) mass is 402 g/mol. The number of aromatic nitrogens is 4. The average Bonchev–Trinajstić information content (AvgIpc) is 3.08. The van der Waals surface area contributed by atoms with E-state index < -0.39 is 13.0 Å². The van der Waals surface area contributed by atoms with E-state index >= 15 is 0 Å². The van der Waals surface area contributed by atoms with Crippen molar-refractivity contribution in [2.24, 2.45) is 5.73 Å². The number of primary amides is 1. The molecular formula is C20H19BN6O3.